The van der Waals surface area contributed by atoms with Gasteiger partial charge in [0.2, 0.25) is 0 Å². The van der Waals surface area contributed by atoms with Gasteiger partial charge in [0.25, 0.3) is 0 Å². The van der Waals surface area contributed by atoms with Crippen LogP contribution in [0, 0.1) is 0 Å². The molecule has 0 bridgehead atoms. The van der Waals surface area contributed by atoms with E-state index in [9.17, 15) is 2.74 Å². The highest BCUT2D eigenvalue weighted by Gasteiger charge is 2.28. The van der Waals surface area contributed by atoms with E-state index in [0.717, 1.165) is 120 Å². The number of fused-ring (bicyclic) bond motifs is 20. The van der Waals surface area contributed by atoms with Crippen molar-refractivity contribution >= 4 is 120 Å². The second kappa shape index (κ2) is 10.1. The molecule has 0 aliphatic heterocycles. The zero-order valence-corrected chi connectivity index (χ0v) is 30.3. The van der Waals surface area contributed by atoms with Crippen LogP contribution in [-0.4, -0.2) is 17.9 Å². The van der Waals surface area contributed by atoms with Gasteiger partial charge in [-0.2, -0.15) is 0 Å². The van der Waals surface area contributed by atoms with Crippen molar-refractivity contribution in [2.45, 2.75) is 0 Å². The zero-order chi connectivity index (χ0) is 46.1. The van der Waals surface area contributed by atoms with Gasteiger partial charge in [-0.25, -0.2) is 0 Å². The fraction of sp³-hybridized carbons (Fsp3) is 0. The molecule has 6 heterocycles. The lowest BCUT2D eigenvalue weighted by atomic mass is 10.00. The molecule has 15 rings (SSSR count). The van der Waals surface area contributed by atoms with Crippen molar-refractivity contribution in [3.05, 3.63) is 182 Å². The number of rotatable bonds is 2. The van der Waals surface area contributed by atoms with Gasteiger partial charge in [0.15, 0.2) is 0 Å². The third-order valence-corrected chi connectivity index (χ3v) is 12.7. The summed E-state index contributed by atoms with van der Waals surface area (Å²) in [6, 6.07) is 37.6. The van der Waals surface area contributed by atoms with Crippen LogP contribution in [0.2, 0.25) is 0 Å². The van der Waals surface area contributed by atoms with Crippen LogP contribution in [0.4, 0.5) is 0 Å². The van der Waals surface area contributed by atoms with E-state index in [-0.39, 0.29) is 35.5 Å². The number of hydrogen-bond donors (Lipinski definition) is 0. The van der Waals surface area contributed by atoms with E-state index in [2.05, 4.69) is 57.3 Å². The first-order valence-electron chi connectivity index (χ1n) is 24.3. The molecule has 0 atom stereocenters. The summed E-state index contributed by atoms with van der Waals surface area (Å²) in [5.74, 6) is 0. The lowest BCUT2D eigenvalue weighted by molar-refractivity contribution is 1.18. The number of nitrogens with zero attached hydrogens (tertiary/aromatic N) is 4. The number of aromatic nitrogens is 4. The fourth-order valence-electron chi connectivity index (χ4n) is 10.7. The Hall–Kier alpha value is -7.82. The molecular formula is C54H30N4. The van der Waals surface area contributed by atoms with Crippen LogP contribution in [0.25, 0.3) is 131 Å². The van der Waals surface area contributed by atoms with Crippen LogP contribution >= 0.6 is 0 Å². The summed E-state index contributed by atoms with van der Waals surface area (Å²) in [7, 11) is 0. The van der Waals surface area contributed by atoms with Gasteiger partial charge in [0.1, 0.15) is 0 Å². The van der Waals surface area contributed by atoms with Crippen molar-refractivity contribution in [3.63, 3.8) is 0 Å². The topological polar surface area (TPSA) is 18.7 Å². The van der Waals surface area contributed by atoms with Gasteiger partial charge in [0.05, 0.1) is 68.9 Å². The van der Waals surface area contributed by atoms with Crippen molar-refractivity contribution in [2.24, 2.45) is 0 Å². The average Bonchev–Trinajstić information content (AvgIpc) is 4.19. The molecule has 15 aromatic rings. The van der Waals surface area contributed by atoms with Crippen LogP contribution < -0.4 is 0 Å². The van der Waals surface area contributed by atoms with Crippen molar-refractivity contribution < 1.29 is 13.7 Å². The van der Waals surface area contributed by atoms with Gasteiger partial charge in [-0.3, -0.25) is 0 Å². The fourth-order valence-corrected chi connectivity index (χ4v) is 10.7. The van der Waals surface area contributed by atoms with Crippen molar-refractivity contribution in [1.29, 1.82) is 0 Å². The highest BCUT2D eigenvalue weighted by atomic mass is 15.0. The molecule has 9 aromatic carbocycles. The molecule has 0 fully saturated rings. The monoisotopic (exact) mass is 744 g/mol. The summed E-state index contributed by atoms with van der Waals surface area (Å²) in [6.07, 6.45) is 0. The molecule has 0 aliphatic rings. The lowest BCUT2D eigenvalue weighted by Gasteiger charge is -2.09. The molecule has 0 radical (unpaired) electrons. The normalized spacial score (nSPS) is 15.2. The van der Waals surface area contributed by atoms with Crippen LogP contribution in [0.15, 0.2) is 182 Å². The Morgan fingerprint density at radius 1 is 0.293 bits per heavy atom. The Labute approximate surface area is 343 Å². The van der Waals surface area contributed by atoms with E-state index in [4.69, 9.17) is 11.0 Å². The van der Waals surface area contributed by atoms with E-state index < -0.39 is 36.3 Å². The van der Waals surface area contributed by atoms with Crippen molar-refractivity contribution in [1.82, 2.24) is 17.9 Å². The van der Waals surface area contributed by atoms with Gasteiger partial charge in [0, 0.05) is 76.0 Å². The maximum absolute atomic E-state index is 9.17. The van der Waals surface area contributed by atoms with E-state index >= 15 is 0 Å². The predicted octanol–water partition coefficient (Wildman–Crippen LogP) is 14.2. The number of para-hydroxylation sites is 6. The summed E-state index contributed by atoms with van der Waals surface area (Å²) >= 11 is 0. The Kier molecular flexibility index (Phi) is 3.85. The van der Waals surface area contributed by atoms with Crippen molar-refractivity contribution in [3.8, 4) is 11.4 Å². The summed E-state index contributed by atoms with van der Waals surface area (Å²) in [6.45, 7) is 0. The molecule has 0 unspecified atom stereocenters. The van der Waals surface area contributed by atoms with E-state index in [1.165, 1.54) is 0 Å². The van der Waals surface area contributed by atoms with Gasteiger partial charge in [-0.15, -0.1) is 0 Å². The average molecular weight is 745 g/mol. The maximum atomic E-state index is 9.17. The largest absolute Gasteiger partial charge is 0.309 e. The Morgan fingerprint density at radius 3 is 1.38 bits per heavy atom. The number of benzene rings is 9. The SMILES string of the molecule is [2H]c1c([2H])c([2H])c(-n2c3ccccc3c3c4c5ccccc5n5c6cc7c(cc6c(cc32)c45)c2cc3c4ccccc4n(-c4c([2H])c([2H])c([2H])c([2H])c4[2H])c3c3c4ccccc4n7c23)c([2H])c1[2H]. The summed E-state index contributed by atoms with van der Waals surface area (Å²) in [5, 5.41) is 11.5. The van der Waals surface area contributed by atoms with Crippen molar-refractivity contribution in [2.75, 3.05) is 0 Å². The minimum absolute atomic E-state index is 0.0920. The van der Waals surface area contributed by atoms with Crippen LogP contribution in [0.3, 0.4) is 0 Å². The molecule has 4 nitrogen and oxygen atoms in total. The lowest BCUT2D eigenvalue weighted by Crippen LogP contribution is -1.93. The minimum atomic E-state index is -0.444. The number of hydrogen-bond acceptors (Lipinski definition) is 0. The van der Waals surface area contributed by atoms with Crippen LogP contribution in [0.1, 0.15) is 13.7 Å². The Morgan fingerprint density at radius 2 is 0.741 bits per heavy atom. The van der Waals surface area contributed by atoms with Gasteiger partial charge in [-0.1, -0.05) is 109 Å². The third kappa shape index (κ3) is 3.30. The van der Waals surface area contributed by atoms with Crippen LogP contribution in [-0.2, 0) is 0 Å². The van der Waals surface area contributed by atoms with Gasteiger partial charge < -0.3 is 17.9 Å². The smallest absolute Gasteiger partial charge is 0.0645 e. The first-order chi connectivity index (χ1) is 33.0. The molecule has 0 spiro atoms. The summed E-state index contributed by atoms with van der Waals surface area (Å²) < 4.78 is 96.6. The van der Waals surface area contributed by atoms with E-state index in [0.29, 0.717) is 0 Å². The second-order valence-electron chi connectivity index (χ2n) is 15.3. The molecule has 0 aliphatic carbocycles. The molecule has 4 heteroatoms. The minimum Gasteiger partial charge on any atom is -0.309 e. The molecular weight excluding hydrogens is 705 g/mol. The molecule has 58 heavy (non-hydrogen) atoms. The maximum Gasteiger partial charge on any atom is 0.0645 e. The highest BCUT2D eigenvalue weighted by molar-refractivity contribution is 6.38. The molecule has 0 N–H and O–H groups in total. The molecule has 6 aromatic heterocycles. The summed E-state index contributed by atoms with van der Waals surface area (Å²) in [5.41, 5.74) is 9.05. The van der Waals surface area contributed by atoms with Crippen LogP contribution in [0.5, 0.6) is 0 Å². The highest BCUT2D eigenvalue weighted by Crippen LogP contribution is 2.50. The first kappa shape index (κ1) is 22.1. The van der Waals surface area contributed by atoms with E-state index in [1.807, 2.05) is 81.9 Å². The molecule has 266 valence electrons. The third-order valence-electron chi connectivity index (χ3n) is 12.7. The molecule has 0 amide bonds. The van der Waals surface area contributed by atoms with E-state index in [1.54, 1.807) is 0 Å². The standard InChI is InChI=1S/C54H30N4/c1-3-15-31(16-4-1)55-43-24-12-8-20-34(43)49-48(55)29-41-38-27-37-40-28-39-33-19-7-11-23-42(33)56(32-17-5-2-6-18-32)53(39)51-36-22-10-14-26-45(36)58(54(40)51)46(37)30-47(38)57-44-25-13-9-21-35(44)50(49)52(41)57/h1-30H/i1D,2D,3D,4D,5D,6D,15D,16D,17D,18D. The van der Waals surface area contributed by atoms with Gasteiger partial charge in [-0.05, 0) is 72.7 Å². The quantitative estimate of drug-likeness (QED) is 0.168. The summed E-state index contributed by atoms with van der Waals surface area (Å²) in [4.78, 5) is 0. The molecule has 0 saturated heterocycles. The first-order valence-corrected chi connectivity index (χ1v) is 19.3. The predicted molar refractivity (Wildman–Crippen MR) is 244 cm³/mol. The molecule has 0 saturated carbocycles. The Balaban J connectivity index is 1.16. The Bertz CT molecular complexity index is 4800. The second-order valence-corrected chi connectivity index (χ2v) is 15.3. The van der Waals surface area contributed by atoms with Gasteiger partial charge >= 0.3 is 0 Å². The zero-order valence-electron chi connectivity index (χ0n) is 40.3.